The molecule has 0 N–H and O–H groups in total. The Labute approximate surface area is 170 Å². The first-order chi connectivity index (χ1) is 13.0. The first-order valence-corrected chi connectivity index (χ1v) is 9.28. The number of carbonyl (C=O) groups excluding carboxylic acids is 2. The minimum atomic E-state index is -0.523. The summed E-state index contributed by atoms with van der Waals surface area (Å²) >= 11 is 2.20. The third kappa shape index (κ3) is 4.73. The summed E-state index contributed by atoms with van der Waals surface area (Å²) in [5.41, 5.74) is 1.59. The average molecular weight is 477 g/mol. The zero-order chi connectivity index (χ0) is 19.4. The van der Waals surface area contributed by atoms with Gasteiger partial charge in [0.1, 0.15) is 0 Å². The molecule has 0 amide bonds. The molecule has 0 saturated heterocycles. The lowest BCUT2D eigenvalue weighted by molar-refractivity contribution is -0.132. The van der Waals surface area contributed by atoms with Crippen molar-refractivity contribution < 1.29 is 23.8 Å². The number of carbonyl (C=O) groups is 2. The Kier molecular flexibility index (Phi) is 5.90. The van der Waals surface area contributed by atoms with Crippen molar-refractivity contribution in [1.82, 2.24) is 0 Å². The largest absolute Gasteiger partial charge is 0.490 e. The SMILES string of the molecule is CCOc1cc(/C=C2/N=C(c3ccc(I)cc3)OC2=O)ccc1OC(C)=O. The molecule has 0 fully saturated rings. The highest BCUT2D eigenvalue weighted by Gasteiger charge is 2.24. The molecule has 0 aliphatic carbocycles. The summed E-state index contributed by atoms with van der Waals surface area (Å²) in [6.07, 6.45) is 1.60. The van der Waals surface area contributed by atoms with E-state index < -0.39 is 11.9 Å². The summed E-state index contributed by atoms with van der Waals surface area (Å²) in [7, 11) is 0. The Morgan fingerprint density at radius 3 is 2.59 bits per heavy atom. The number of hydrogen-bond acceptors (Lipinski definition) is 6. The van der Waals surface area contributed by atoms with E-state index in [0.29, 0.717) is 23.7 Å². The van der Waals surface area contributed by atoms with Gasteiger partial charge in [0.25, 0.3) is 0 Å². The summed E-state index contributed by atoms with van der Waals surface area (Å²) in [6.45, 7) is 3.56. The molecule has 27 heavy (non-hydrogen) atoms. The third-order valence-electron chi connectivity index (χ3n) is 3.54. The molecule has 0 bridgehead atoms. The fourth-order valence-electron chi connectivity index (χ4n) is 2.40. The van der Waals surface area contributed by atoms with Gasteiger partial charge in [-0.15, -0.1) is 0 Å². The van der Waals surface area contributed by atoms with Gasteiger partial charge in [0.2, 0.25) is 5.90 Å². The molecule has 0 aromatic heterocycles. The van der Waals surface area contributed by atoms with Crippen molar-refractivity contribution in [2.24, 2.45) is 4.99 Å². The third-order valence-corrected chi connectivity index (χ3v) is 4.26. The van der Waals surface area contributed by atoms with Gasteiger partial charge < -0.3 is 14.2 Å². The molecule has 3 rings (SSSR count). The van der Waals surface area contributed by atoms with Crippen LogP contribution in [0.5, 0.6) is 11.5 Å². The number of benzene rings is 2. The van der Waals surface area contributed by atoms with Crippen LogP contribution in [-0.2, 0) is 14.3 Å². The second-order valence-electron chi connectivity index (χ2n) is 5.58. The van der Waals surface area contributed by atoms with Crippen LogP contribution in [0.3, 0.4) is 0 Å². The van der Waals surface area contributed by atoms with E-state index in [0.717, 1.165) is 9.13 Å². The van der Waals surface area contributed by atoms with Crippen LogP contribution in [0, 0.1) is 3.57 Å². The molecule has 2 aromatic rings. The van der Waals surface area contributed by atoms with Crippen LogP contribution < -0.4 is 9.47 Å². The van der Waals surface area contributed by atoms with Crippen LogP contribution in [0.15, 0.2) is 53.2 Å². The van der Waals surface area contributed by atoms with Crippen LogP contribution >= 0.6 is 22.6 Å². The van der Waals surface area contributed by atoms with Crippen LogP contribution in [0.4, 0.5) is 0 Å². The topological polar surface area (TPSA) is 74.2 Å². The molecule has 6 nitrogen and oxygen atoms in total. The Balaban J connectivity index is 1.91. The second-order valence-corrected chi connectivity index (χ2v) is 6.82. The van der Waals surface area contributed by atoms with Crippen molar-refractivity contribution in [3.63, 3.8) is 0 Å². The fourth-order valence-corrected chi connectivity index (χ4v) is 2.76. The van der Waals surface area contributed by atoms with Gasteiger partial charge in [-0.25, -0.2) is 9.79 Å². The summed E-state index contributed by atoms with van der Waals surface area (Å²) in [4.78, 5) is 27.6. The lowest BCUT2D eigenvalue weighted by Crippen LogP contribution is -2.05. The number of rotatable bonds is 5. The monoisotopic (exact) mass is 477 g/mol. The molecule has 0 radical (unpaired) electrons. The first kappa shape index (κ1) is 19.1. The molecule has 2 aromatic carbocycles. The van der Waals surface area contributed by atoms with Crippen LogP contribution in [0.1, 0.15) is 25.0 Å². The number of hydrogen-bond donors (Lipinski definition) is 0. The smallest absolute Gasteiger partial charge is 0.363 e. The van der Waals surface area contributed by atoms with E-state index >= 15 is 0 Å². The molecule has 0 atom stereocenters. The predicted octanol–water partition coefficient (Wildman–Crippen LogP) is 3.96. The van der Waals surface area contributed by atoms with Gasteiger partial charge in [-0.1, -0.05) is 6.07 Å². The van der Waals surface area contributed by atoms with E-state index in [2.05, 4.69) is 27.6 Å². The fraction of sp³-hybridized carbons (Fsp3) is 0.150. The van der Waals surface area contributed by atoms with Crippen molar-refractivity contribution in [2.75, 3.05) is 6.61 Å². The minimum absolute atomic E-state index is 0.186. The van der Waals surface area contributed by atoms with Crippen LogP contribution in [-0.4, -0.2) is 24.4 Å². The number of aliphatic imine (C=N–C) groups is 1. The molecular formula is C20H16INO5. The molecule has 1 aliphatic heterocycles. The Morgan fingerprint density at radius 2 is 1.93 bits per heavy atom. The predicted molar refractivity (Wildman–Crippen MR) is 109 cm³/mol. The molecule has 138 valence electrons. The molecule has 1 heterocycles. The van der Waals surface area contributed by atoms with Gasteiger partial charge in [0.15, 0.2) is 17.2 Å². The molecular weight excluding hydrogens is 461 g/mol. The summed E-state index contributed by atoms with van der Waals surface area (Å²) < 4.78 is 17.0. The highest BCUT2D eigenvalue weighted by molar-refractivity contribution is 14.1. The molecule has 0 saturated carbocycles. The zero-order valence-corrected chi connectivity index (χ0v) is 16.8. The molecule has 0 unspecified atom stereocenters. The summed E-state index contributed by atoms with van der Waals surface area (Å²) in [6, 6.07) is 12.5. The van der Waals surface area contributed by atoms with Gasteiger partial charge in [-0.2, -0.15) is 0 Å². The maximum atomic E-state index is 12.1. The van der Waals surface area contributed by atoms with E-state index in [1.54, 1.807) is 24.3 Å². The number of nitrogens with zero attached hydrogens (tertiary/aromatic N) is 1. The van der Waals surface area contributed by atoms with Crippen LogP contribution in [0.25, 0.3) is 6.08 Å². The number of esters is 2. The van der Waals surface area contributed by atoms with Crippen molar-refractivity contribution in [3.8, 4) is 11.5 Å². The van der Waals surface area contributed by atoms with Crippen LogP contribution in [0.2, 0.25) is 0 Å². The minimum Gasteiger partial charge on any atom is -0.490 e. The number of ether oxygens (including phenoxy) is 3. The molecule has 0 spiro atoms. The highest BCUT2D eigenvalue weighted by atomic mass is 127. The standard InChI is InChI=1S/C20H16INO5/c1-3-25-18-11-13(4-9-17(18)26-12(2)23)10-16-20(24)27-19(22-16)14-5-7-15(21)8-6-14/h4-11H,3H2,1-2H3/b16-10+. The van der Waals surface area contributed by atoms with E-state index in [9.17, 15) is 9.59 Å². The zero-order valence-electron chi connectivity index (χ0n) is 14.7. The van der Waals surface area contributed by atoms with Crippen molar-refractivity contribution >= 4 is 46.5 Å². The van der Waals surface area contributed by atoms with E-state index in [-0.39, 0.29) is 11.6 Å². The van der Waals surface area contributed by atoms with E-state index in [4.69, 9.17) is 14.2 Å². The summed E-state index contributed by atoms with van der Waals surface area (Å²) in [5, 5.41) is 0. The normalized spacial score (nSPS) is 14.7. The number of cyclic esters (lactones) is 1. The second kappa shape index (κ2) is 8.34. The maximum Gasteiger partial charge on any atom is 0.363 e. The maximum absolute atomic E-state index is 12.1. The van der Waals surface area contributed by atoms with Crippen molar-refractivity contribution in [2.45, 2.75) is 13.8 Å². The van der Waals surface area contributed by atoms with Crippen molar-refractivity contribution in [1.29, 1.82) is 0 Å². The first-order valence-electron chi connectivity index (χ1n) is 8.20. The van der Waals surface area contributed by atoms with Gasteiger partial charge in [0.05, 0.1) is 6.61 Å². The van der Waals surface area contributed by atoms with E-state index in [1.165, 1.54) is 6.92 Å². The lowest BCUT2D eigenvalue weighted by atomic mass is 10.1. The highest BCUT2D eigenvalue weighted by Crippen LogP contribution is 2.30. The van der Waals surface area contributed by atoms with Gasteiger partial charge >= 0.3 is 11.9 Å². The average Bonchev–Trinajstić information content (AvgIpc) is 2.98. The van der Waals surface area contributed by atoms with Crippen molar-refractivity contribution in [3.05, 3.63) is 62.9 Å². The number of halogens is 1. The van der Waals surface area contributed by atoms with Gasteiger partial charge in [-0.05, 0) is 77.6 Å². The van der Waals surface area contributed by atoms with E-state index in [1.807, 2.05) is 31.2 Å². The van der Waals surface area contributed by atoms with Gasteiger partial charge in [0, 0.05) is 16.1 Å². The Hall–Kier alpha value is -2.68. The Morgan fingerprint density at radius 1 is 1.19 bits per heavy atom. The quantitative estimate of drug-likeness (QED) is 0.282. The Bertz CT molecular complexity index is 947. The molecule has 7 heteroatoms. The molecule has 1 aliphatic rings. The lowest BCUT2D eigenvalue weighted by Gasteiger charge is -2.10. The van der Waals surface area contributed by atoms with Gasteiger partial charge in [-0.3, -0.25) is 4.79 Å². The summed E-state index contributed by atoms with van der Waals surface area (Å²) in [5.74, 6) is 0.0433.